The lowest BCUT2D eigenvalue weighted by molar-refractivity contribution is 0.102. The van der Waals surface area contributed by atoms with Crippen LogP contribution in [-0.2, 0) is 0 Å². The number of anilines is 1. The maximum Gasteiger partial charge on any atom is 0.275 e. The number of amides is 1. The number of nitrogens with zero attached hydrogens (tertiary/aromatic N) is 1. The van der Waals surface area contributed by atoms with Gasteiger partial charge in [0.25, 0.3) is 5.91 Å². The summed E-state index contributed by atoms with van der Waals surface area (Å²) in [4.78, 5) is 16.6. The van der Waals surface area contributed by atoms with Crippen LogP contribution in [-0.4, -0.2) is 10.9 Å². The second-order valence-electron chi connectivity index (χ2n) is 4.48. The van der Waals surface area contributed by atoms with Crippen LogP contribution in [0.25, 0.3) is 10.6 Å². The highest BCUT2D eigenvalue weighted by Crippen LogP contribution is 2.26. The Hall–Kier alpha value is -2.05. The van der Waals surface area contributed by atoms with Crippen LogP contribution in [0.3, 0.4) is 0 Å². The summed E-state index contributed by atoms with van der Waals surface area (Å²) in [6.07, 6.45) is 0. The van der Waals surface area contributed by atoms with Crippen molar-refractivity contribution in [1.82, 2.24) is 4.98 Å². The van der Waals surface area contributed by atoms with Gasteiger partial charge in [0.2, 0.25) is 0 Å². The minimum atomic E-state index is -0.370. The fourth-order valence-corrected chi connectivity index (χ4v) is 3.12. The van der Waals surface area contributed by atoms with E-state index in [2.05, 4.69) is 26.2 Å². The molecule has 0 aliphatic carbocycles. The number of carbonyl (C=O) groups excluding carboxylic acids is 1. The molecule has 0 unspecified atom stereocenters. The lowest BCUT2D eigenvalue weighted by atomic mass is 10.2. The van der Waals surface area contributed by atoms with Gasteiger partial charge >= 0.3 is 0 Å². The van der Waals surface area contributed by atoms with Crippen LogP contribution in [0, 0.1) is 5.82 Å². The number of halogens is 2. The fraction of sp³-hybridized carbons (Fsp3) is 0. The Morgan fingerprint density at radius 1 is 1.18 bits per heavy atom. The van der Waals surface area contributed by atoms with Gasteiger partial charge in [-0.3, -0.25) is 4.79 Å². The summed E-state index contributed by atoms with van der Waals surface area (Å²) in [7, 11) is 0. The Morgan fingerprint density at radius 3 is 2.68 bits per heavy atom. The van der Waals surface area contributed by atoms with E-state index in [1.807, 2.05) is 30.3 Å². The van der Waals surface area contributed by atoms with Gasteiger partial charge in [0.15, 0.2) is 0 Å². The first kappa shape index (κ1) is 14.9. The molecule has 0 fully saturated rings. The molecule has 110 valence electrons. The summed E-state index contributed by atoms with van der Waals surface area (Å²) in [6, 6.07) is 13.7. The molecule has 3 rings (SSSR count). The number of aromatic nitrogens is 1. The van der Waals surface area contributed by atoms with E-state index in [-0.39, 0.29) is 11.7 Å². The normalized spacial score (nSPS) is 10.5. The van der Waals surface area contributed by atoms with Crippen molar-refractivity contribution in [3.8, 4) is 10.6 Å². The monoisotopic (exact) mass is 376 g/mol. The van der Waals surface area contributed by atoms with E-state index in [0.717, 1.165) is 10.6 Å². The fourth-order valence-electron chi connectivity index (χ4n) is 1.87. The topological polar surface area (TPSA) is 42.0 Å². The van der Waals surface area contributed by atoms with E-state index < -0.39 is 0 Å². The zero-order valence-corrected chi connectivity index (χ0v) is 13.6. The van der Waals surface area contributed by atoms with Crippen LogP contribution in [0.1, 0.15) is 10.5 Å². The lowest BCUT2D eigenvalue weighted by Gasteiger charge is -2.05. The second kappa shape index (κ2) is 6.37. The van der Waals surface area contributed by atoms with E-state index in [4.69, 9.17) is 0 Å². The van der Waals surface area contributed by atoms with Gasteiger partial charge in [-0.2, -0.15) is 0 Å². The van der Waals surface area contributed by atoms with Crippen LogP contribution in [0.5, 0.6) is 0 Å². The first-order chi connectivity index (χ1) is 10.6. The Balaban J connectivity index is 1.80. The molecule has 0 spiro atoms. The highest BCUT2D eigenvalue weighted by Gasteiger charge is 2.13. The molecular weight excluding hydrogens is 367 g/mol. The molecule has 0 aliphatic rings. The van der Waals surface area contributed by atoms with Crippen molar-refractivity contribution in [1.29, 1.82) is 0 Å². The number of carbonyl (C=O) groups is 1. The number of hydrogen-bond acceptors (Lipinski definition) is 3. The Labute approximate surface area is 139 Å². The van der Waals surface area contributed by atoms with Crippen molar-refractivity contribution in [2.45, 2.75) is 0 Å². The molecule has 0 radical (unpaired) electrons. The average molecular weight is 377 g/mol. The molecule has 0 bridgehead atoms. The van der Waals surface area contributed by atoms with Crippen LogP contribution >= 0.6 is 27.3 Å². The molecule has 0 saturated carbocycles. The third kappa shape index (κ3) is 3.23. The summed E-state index contributed by atoms with van der Waals surface area (Å²) in [6.45, 7) is 0. The van der Waals surface area contributed by atoms with Gasteiger partial charge in [-0.25, -0.2) is 9.37 Å². The summed E-state index contributed by atoms with van der Waals surface area (Å²) >= 11 is 4.62. The highest BCUT2D eigenvalue weighted by molar-refractivity contribution is 9.10. The van der Waals surface area contributed by atoms with Crippen molar-refractivity contribution in [2.75, 3.05) is 5.32 Å². The summed E-state index contributed by atoms with van der Waals surface area (Å²) < 4.78 is 13.5. The molecular formula is C16H10BrFN2OS. The van der Waals surface area contributed by atoms with Gasteiger partial charge in [0.05, 0.1) is 5.69 Å². The van der Waals surface area contributed by atoms with E-state index in [9.17, 15) is 9.18 Å². The molecule has 3 aromatic rings. The standard InChI is InChI=1S/C16H10BrFN2OS/c17-12-8-11(18)6-7-13(12)19-15(21)14-9-22-16(20-14)10-4-2-1-3-5-10/h1-9H,(H,19,21). The van der Waals surface area contributed by atoms with Gasteiger partial charge in [-0.1, -0.05) is 30.3 Å². The number of nitrogens with one attached hydrogen (secondary N) is 1. The summed E-state index contributed by atoms with van der Waals surface area (Å²) in [5.41, 5.74) is 1.80. The van der Waals surface area contributed by atoms with Gasteiger partial charge in [0, 0.05) is 15.4 Å². The van der Waals surface area contributed by atoms with Crippen LogP contribution in [0.15, 0.2) is 58.4 Å². The van der Waals surface area contributed by atoms with Crippen LogP contribution < -0.4 is 5.32 Å². The first-order valence-corrected chi connectivity index (χ1v) is 8.08. The lowest BCUT2D eigenvalue weighted by Crippen LogP contribution is -2.12. The molecule has 3 nitrogen and oxygen atoms in total. The SMILES string of the molecule is O=C(Nc1ccc(F)cc1Br)c1csc(-c2ccccc2)n1. The van der Waals surface area contributed by atoms with E-state index in [1.165, 1.54) is 29.5 Å². The minimum Gasteiger partial charge on any atom is -0.320 e. The molecule has 6 heteroatoms. The maximum atomic E-state index is 13.0. The molecule has 0 aliphatic heterocycles. The molecule has 1 amide bonds. The molecule has 0 saturated heterocycles. The highest BCUT2D eigenvalue weighted by atomic mass is 79.9. The third-order valence-corrected chi connectivity index (χ3v) is 4.48. The number of rotatable bonds is 3. The van der Waals surface area contributed by atoms with Crippen LogP contribution in [0.2, 0.25) is 0 Å². The minimum absolute atomic E-state index is 0.328. The Bertz CT molecular complexity index is 820. The predicted octanol–water partition coefficient (Wildman–Crippen LogP) is 4.96. The molecule has 2 aromatic carbocycles. The third-order valence-electron chi connectivity index (χ3n) is 2.94. The predicted molar refractivity (Wildman–Crippen MR) is 89.6 cm³/mol. The van der Waals surface area contributed by atoms with Gasteiger partial charge in [0.1, 0.15) is 16.5 Å². The Kier molecular flexibility index (Phi) is 4.31. The van der Waals surface area contributed by atoms with Crippen molar-refractivity contribution in [3.05, 3.63) is 69.9 Å². The summed E-state index contributed by atoms with van der Waals surface area (Å²) in [5.74, 6) is -0.698. The summed E-state index contributed by atoms with van der Waals surface area (Å²) in [5, 5.41) is 5.20. The van der Waals surface area contributed by atoms with Crippen molar-refractivity contribution in [2.24, 2.45) is 0 Å². The van der Waals surface area contributed by atoms with Crippen molar-refractivity contribution < 1.29 is 9.18 Å². The zero-order chi connectivity index (χ0) is 15.5. The van der Waals surface area contributed by atoms with Gasteiger partial charge in [-0.15, -0.1) is 11.3 Å². The smallest absolute Gasteiger partial charge is 0.275 e. The van der Waals surface area contributed by atoms with Crippen molar-refractivity contribution in [3.63, 3.8) is 0 Å². The van der Waals surface area contributed by atoms with Crippen molar-refractivity contribution >= 4 is 38.9 Å². The molecule has 1 N–H and O–H groups in total. The number of thiazole rings is 1. The molecule has 22 heavy (non-hydrogen) atoms. The largest absolute Gasteiger partial charge is 0.320 e. The number of benzene rings is 2. The van der Waals surface area contributed by atoms with E-state index in [0.29, 0.717) is 15.9 Å². The zero-order valence-electron chi connectivity index (χ0n) is 11.2. The first-order valence-electron chi connectivity index (χ1n) is 6.41. The van der Waals surface area contributed by atoms with E-state index in [1.54, 1.807) is 5.38 Å². The number of hydrogen-bond donors (Lipinski definition) is 1. The molecule has 0 atom stereocenters. The molecule has 1 aromatic heterocycles. The average Bonchev–Trinajstić information content (AvgIpc) is 3.01. The van der Waals surface area contributed by atoms with E-state index >= 15 is 0 Å². The van der Waals surface area contributed by atoms with Crippen LogP contribution in [0.4, 0.5) is 10.1 Å². The Morgan fingerprint density at radius 2 is 1.95 bits per heavy atom. The van der Waals surface area contributed by atoms with Gasteiger partial charge < -0.3 is 5.32 Å². The quantitative estimate of drug-likeness (QED) is 0.701. The maximum absolute atomic E-state index is 13.0. The molecule has 1 heterocycles. The van der Waals surface area contributed by atoms with Gasteiger partial charge in [-0.05, 0) is 34.1 Å². The second-order valence-corrected chi connectivity index (χ2v) is 6.19.